The summed E-state index contributed by atoms with van der Waals surface area (Å²) >= 11 is 1.16. The highest BCUT2D eigenvalue weighted by Crippen LogP contribution is 2.24. The SMILES string of the molecule is CC(C)(C)OC(=O)NC[C@H](C(=O)N(CCCc1ccccc1)[C@@H](O)c1nccs1)S(=O)(=O)Cc1ccccc1. The van der Waals surface area contributed by atoms with Gasteiger partial charge in [-0.3, -0.25) is 4.79 Å². The van der Waals surface area contributed by atoms with Crippen LogP contribution < -0.4 is 5.32 Å². The van der Waals surface area contributed by atoms with E-state index in [2.05, 4.69) is 10.3 Å². The number of carbonyl (C=O) groups is 2. The van der Waals surface area contributed by atoms with Crippen LogP contribution in [0.4, 0.5) is 4.79 Å². The predicted molar refractivity (Wildman–Crippen MR) is 151 cm³/mol. The molecule has 39 heavy (non-hydrogen) atoms. The second-order valence-corrected chi connectivity index (χ2v) is 13.1. The number of alkyl carbamates (subject to hydrolysis) is 1. The van der Waals surface area contributed by atoms with Crippen molar-refractivity contribution in [3.05, 3.63) is 88.4 Å². The van der Waals surface area contributed by atoms with Crippen molar-refractivity contribution in [3.8, 4) is 0 Å². The first-order valence-electron chi connectivity index (χ1n) is 12.6. The summed E-state index contributed by atoms with van der Waals surface area (Å²) in [6, 6.07) is 18.2. The number of benzene rings is 2. The zero-order valence-electron chi connectivity index (χ0n) is 22.3. The van der Waals surface area contributed by atoms with Gasteiger partial charge in [0.15, 0.2) is 21.3 Å². The second-order valence-electron chi connectivity index (χ2n) is 10.0. The minimum absolute atomic E-state index is 0.0816. The number of carbonyl (C=O) groups excluding carboxylic acids is 2. The third kappa shape index (κ3) is 9.45. The highest BCUT2D eigenvalue weighted by molar-refractivity contribution is 7.92. The van der Waals surface area contributed by atoms with Crippen LogP contribution in [0.5, 0.6) is 0 Å². The molecule has 0 saturated heterocycles. The van der Waals surface area contributed by atoms with E-state index in [4.69, 9.17) is 4.74 Å². The maximum atomic E-state index is 13.9. The van der Waals surface area contributed by atoms with E-state index in [-0.39, 0.29) is 11.6 Å². The Balaban J connectivity index is 1.88. The van der Waals surface area contributed by atoms with Gasteiger partial charge in [-0.2, -0.15) is 0 Å². The van der Waals surface area contributed by atoms with Gasteiger partial charge in [0.25, 0.3) is 0 Å². The fraction of sp³-hybridized carbons (Fsp3) is 0.393. The van der Waals surface area contributed by atoms with Crippen molar-refractivity contribution in [3.63, 3.8) is 0 Å². The molecule has 3 rings (SSSR count). The number of sulfone groups is 1. The Hall–Kier alpha value is -3.28. The van der Waals surface area contributed by atoms with Crippen molar-refractivity contribution in [2.45, 2.75) is 56.4 Å². The summed E-state index contributed by atoms with van der Waals surface area (Å²) in [5.74, 6) is -1.23. The molecule has 0 aliphatic heterocycles. The first kappa shape index (κ1) is 30.3. The van der Waals surface area contributed by atoms with Gasteiger partial charge in [-0.15, -0.1) is 11.3 Å². The fourth-order valence-electron chi connectivity index (χ4n) is 3.90. The molecule has 1 aromatic heterocycles. The van der Waals surface area contributed by atoms with Crippen LogP contribution in [0.3, 0.4) is 0 Å². The van der Waals surface area contributed by atoms with E-state index < -0.39 is 51.2 Å². The number of nitrogens with zero attached hydrogens (tertiary/aromatic N) is 2. The first-order valence-corrected chi connectivity index (χ1v) is 15.2. The van der Waals surface area contributed by atoms with Crippen LogP contribution >= 0.6 is 11.3 Å². The molecule has 2 aromatic carbocycles. The number of thiazole rings is 1. The summed E-state index contributed by atoms with van der Waals surface area (Å²) in [5, 5.41) is 13.8. The van der Waals surface area contributed by atoms with E-state index in [1.807, 2.05) is 30.3 Å². The monoisotopic (exact) mass is 573 g/mol. The summed E-state index contributed by atoms with van der Waals surface area (Å²) in [6.07, 6.45) is 0.315. The molecular weight excluding hydrogens is 538 g/mol. The topological polar surface area (TPSA) is 126 Å². The molecule has 0 saturated carbocycles. The molecule has 9 nitrogen and oxygen atoms in total. The Labute approximate surface area is 233 Å². The van der Waals surface area contributed by atoms with E-state index in [1.165, 1.54) is 6.20 Å². The van der Waals surface area contributed by atoms with Crippen LogP contribution in [-0.2, 0) is 31.5 Å². The van der Waals surface area contributed by atoms with E-state index in [0.717, 1.165) is 21.8 Å². The lowest BCUT2D eigenvalue weighted by Crippen LogP contribution is -2.51. The minimum atomic E-state index is -4.13. The third-order valence-corrected chi connectivity index (χ3v) is 8.49. The number of hydrogen-bond acceptors (Lipinski definition) is 8. The smallest absolute Gasteiger partial charge is 0.407 e. The summed E-state index contributed by atoms with van der Waals surface area (Å²) in [5.41, 5.74) is 0.744. The summed E-state index contributed by atoms with van der Waals surface area (Å²) in [4.78, 5) is 31.6. The Morgan fingerprint density at radius 1 is 1.05 bits per heavy atom. The molecule has 11 heteroatoms. The molecule has 0 bridgehead atoms. The van der Waals surface area contributed by atoms with Gasteiger partial charge >= 0.3 is 6.09 Å². The lowest BCUT2D eigenvalue weighted by Gasteiger charge is -2.31. The molecule has 0 unspecified atom stereocenters. The highest BCUT2D eigenvalue weighted by atomic mass is 32.2. The Morgan fingerprint density at radius 3 is 2.23 bits per heavy atom. The van der Waals surface area contributed by atoms with Gasteiger partial charge in [0.05, 0.1) is 5.75 Å². The van der Waals surface area contributed by atoms with Crippen LogP contribution in [0.1, 0.15) is 49.6 Å². The quantitative estimate of drug-likeness (QED) is 0.313. The highest BCUT2D eigenvalue weighted by Gasteiger charge is 2.39. The summed E-state index contributed by atoms with van der Waals surface area (Å²) in [7, 11) is -4.13. The van der Waals surface area contributed by atoms with E-state index in [0.29, 0.717) is 18.4 Å². The Bertz CT molecular complexity index is 1290. The van der Waals surface area contributed by atoms with Gasteiger partial charge in [-0.25, -0.2) is 18.2 Å². The number of nitrogens with one attached hydrogen (secondary N) is 1. The van der Waals surface area contributed by atoms with Crippen molar-refractivity contribution < 1.29 is 27.9 Å². The minimum Gasteiger partial charge on any atom is -0.444 e. The van der Waals surface area contributed by atoms with E-state index in [9.17, 15) is 23.1 Å². The number of ether oxygens (including phenoxy) is 1. The lowest BCUT2D eigenvalue weighted by molar-refractivity contribution is -0.141. The molecule has 1 heterocycles. The van der Waals surface area contributed by atoms with Gasteiger partial charge in [0.1, 0.15) is 10.6 Å². The van der Waals surface area contributed by atoms with Crippen LogP contribution in [0.15, 0.2) is 72.2 Å². The number of aromatic nitrogens is 1. The summed E-state index contributed by atoms with van der Waals surface area (Å²) in [6.45, 7) is 4.61. The zero-order valence-corrected chi connectivity index (χ0v) is 24.0. The molecule has 2 N–H and O–H groups in total. The molecule has 3 aromatic rings. The van der Waals surface area contributed by atoms with Crippen molar-refractivity contribution in [2.75, 3.05) is 13.1 Å². The predicted octanol–water partition coefficient (Wildman–Crippen LogP) is 4.10. The van der Waals surface area contributed by atoms with Crippen molar-refractivity contribution in [1.82, 2.24) is 15.2 Å². The zero-order chi connectivity index (χ0) is 28.5. The number of amides is 2. The van der Waals surface area contributed by atoms with Crippen molar-refractivity contribution >= 4 is 33.2 Å². The average molecular weight is 574 g/mol. The largest absolute Gasteiger partial charge is 0.444 e. The molecule has 2 atom stereocenters. The maximum absolute atomic E-state index is 13.9. The standard InChI is InChI=1S/C28H35N3O6S2/c1-28(2,3)37-27(34)30-19-23(39(35,36)20-22-13-8-5-9-14-22)25(32)31(26(33)24-29-16-18-38-24)17-10-15-21-11-6-4-7-12-21/h4-9,11-14,16,18,23,26,33H,10,15,17,19-20H2,1-3H3,(H,30,34)/t23-,26+/m1/s1. The van der Waals surface area contributed by atoms with Crippen LogP contribution in [-0.4, -0.2) is 59.3 Å². The van der Waals surface area contributed by atoms with Crippen LogP contribution in [0, 0.1) is 0 Å². The van der Waals surface area contributed by atoms with Gasteiger partial charge < -0.3 is 20.1 Å². The van der Waals surface area contributed by atoms with Gasteiger partial charge in [-0.1, -0.05) is 60.7 Å². The first-order chi connectivity index (χ1) is 18.5. The van der Waals surface area contributed by atoms with E-state index >= 15 is 0 Å². The summed E-state index contributed by atoms with van der Waals surface area (Å²) < 4.78 is 32.5. The Kier molecular flexibility index (Phi) is 10.6. The van der Waals surface area contributed by atoms with Crippen LogP contribution in [0.25, 0.3) is 0 Å². The molecule has 210 valence electrons. The normalized spacial score (nSPS) is 13.3. The molecule has 0 aliphatic carbocycles. The second kappa shape index (κ2) is 13.7. The van der Waals surface area contributed by atoms with Crippen molar-refractivity contribution in [2.24, 2.45) is 0 Å². The number of aliphatic hydroxyl groups excluding tert-OH is 1. The molecule has 0 spiro atoms. The molecule has 0 radical (unpaired) electrons. The fourth-order valence-corrected chi connectivity index (χ4v) is 6.17. The van der Waals surface area contributed by atoms with Gasteiger partial charge in [-0.05, 0) is 44.7 Å². The number of hydrogen-bond donors (Lipinski definition) is 2. The molecular formula is C28H35N3O6S2. The third-order valence-electron chi connectivity index (χ3n) is 5.71. The average Bonchev–Trinajstić information content (AvgIpc) is 3.41. The molecule has 2 amide bonds. The number of rotatable bonds is 12. The molecule has 0 fully saturated rings. The lowest BCUT2D eigenvalue weighted by atomic mass is 10.1. The number of aliphatic hydroxyl groups is 1. The maximum Gasteiger partial charge on any atom is 0.407 e. The van der Waals surface area contributed by atoms with E-state index in [1.54, 1.807) is 56.5 Å². The van der Waals surface area contributed by atoms with Crippen molar-refractivity contribution in [1.29, 1.82) is 0 Å². The Morgan fingerprint density at radius 2 is 1.67 bits per heavy atom. The number of aryl methyl sites for hydroxylation is 1. The van der Waals surface area contributed by atoms with Gasteiger partial charge in [0, 0.05) is 24.7 Å². The molecule has 0 aliphatic rings. The van der Waals surface area contributed by atoms with Crippen LogP contribution in [0.2, 0.25) is 0 Å². The van der Waals surface area contributed by atoms with Gasteiger partial charge in [0.2, 0.25) is 5.91 Å².